The van der Waals surface area contributed by atoms with Crippen LogP contribution in [0.4, 0.5) is 22.7 Å². The van der Waals surface area contributed by atoms with Gasteiger partial charge in [0.15, 0.2) is 0 Å². The molecule has 2 N–H and O–H groups in total. The van der Waals surface area contributed by atoms with Gasteiger partial charge < -0.3 is 10.6 Å². The van der Waals surface area contributed by atoms with E-state index in [1.165, 1.54) is 66.1 Å². The van der Waals surface area contributed by atoms with Crippen molar-refractivity contribution in [2.45, 2.75) is 19.3 Å². The summed E-state index contributed by atoms with van der Waals surface area (Å²) in [6, 6.07) is 61.2. The third-order valence-electron chi connectivity index (χ3n) is 10.2. The number of hydrogen-bond acceptors (Lipinski definition) is 2. The molecule has 1 aliphatic carbocycles. The molecule has 8 aromatic carbocycles. The van der Waals surface area contributed by atoms with E-state index < -0.39 is 0 Å². The van der Waals surface area contributed by atoms with Gasteiger partial charge in [0.05, 0.1) is 11.4 Å². The lowest BCUT2D eigenvalue weighted by atomic mass is 9.81. The van der Waals surface area contributed by atoms with E-state index in [1.54, 1.807) is 0 Å². The zero-order chi connectivity index (χ0) is 33.0. The second-order valence-electron chi connectivity index (χ2n) is 13.5. The third kappa shape index (κ3) is 4.96. The Labute approximate surface area is 287 Å². The van der Waals surface area contributed by atoms with Crippen molar-refractivity contribution in [1.82, 2.24) is 0 Å². The topological polar surface area (TPSA) is 24.1 Å². The van der Waals surface area contributed by atoms with Gasteiger partial charge in [0.2, 0.25) is 0 Å². The lowest BCUT2D eigenvalue weighted by molar-refractivity contribution is 0.661. The van der Waals surface area contributed by atoms with E-state index in [0.717, 1.165) is 22.7 Å². The van der Waals surface area contributed by atoms with Crippen molar-refractivity contribution in [3.05, 3.63) is 181 Å². The molecule has 0 aliphatic heterocycles. The molecule has 9 rings (SSSR count). The number of rotatable bonds is 6. The SMILES string of the molecule is CC1(C)c2ccccc2-c2cc3c(Nc4ccc(-c5ccccc5)cc4)c4ccccc4c(Nc4ccc(-c5ccccc5)cc4)c3cc21. The second-order valence-corrected chi connectivity index (χ2v) is 13.5. The summed E-state index contributed by atoms with van der Waals surface area (Å²) in [5.41, 5.74) is 14.5. The van der Waals surface area contributed by atoms with Crippen LogP contribution in [-0.2, 0) is 5.41 Å². The van der Waals surface area contributed by atoms with Gasteiger partial charge in [-0.15, -0.1) is 0 Å². The molecule has 0 fully saturated rings. The number of fused-ring (bicyclic) bond motifs is 5. The summed E-state index contributed by atoms with van der Waals surface area (Å²) in [4.78, 5) is 0. The Morgan fingerprint density at radius 3 is 1.31 bits per heavy atom. The average molecular weight is 629 g/mol. The summed E-state index contributed by atoms with van der Waals surface area (Å²) >= 11 is 0. The molecule has 0 saturated carbocycles. The lowest BCUT2D eigenvalue weighted by Crippen LogP contribution is -2.15. The van der Waals surface area contributed by atoms with Crippen LogP contribution in [0.2, 0.25) is 0 Å². The van der Waals surface area contributed by atoms with Crippen LogP contribution in [0.5, 0.6) is 0 Å². The first-order chi connectivity index (χ1) is 24.0. The first kappa shape index (κ1) is 29.1. The van der Waals surface area contributed by atoms with Crippen LogP contribution < -0.4 is 10.6 Å². The maximum absolute atomic E-state index is 3.90. The molecule has 2 nitrogen and oxygen atoms in total. The smallest absolute Gasteiger partial charge is 0.0545 e. The van der Waals surface area contributed by atoms with Crippen molar-refractivity contribution < 1.29 is 0 Å². The van der Waals surface area contributed by atoms with Crippen LogP contribution in [0, 0.1) is 0 Å². The van der Waals surface area contributed by atoms with E-state index in [4.69, 9.17) is 0 Å². The van der Waals surface area contributed by atoms with E-state index in [1.807, 2.05) is 0 Å². The molecule has 0 radical (unpaired) electrons. The van der Waals surface area contributed by atoms with Crippen molar-refractivity contribution in [2.24, 2.45) is 0 Å². The van der Waals surface area contributed by atoms with Gasteiger partial charge >= 0.3 is 0 Å². The Morgan fingerprint density at radius 2 is 0.776 bits per heavy atom. The molecule has 0 amide bonds. The monoisotopic (exact) mass is 628 g/mol. The Bertz CT molecular complexity index is 2480. The first-order valence-electron chi connectivity index (χ1n) is 17.0. The minimum atomic E-state index is -0.110. The molecular formula is C47H36N2. The molecule has 0 aromatic heterocycles. The predicted molar refractivity (Wildman–Crippen MR) is 209 cm³/mol. The maximum atomic E-state index is 3.90. The van der Waals surface area contributed by atoms with Gasteiger partial charge in [0, 0.05) is 38.3 Å². The fourth-order valence-corrected chi connectivity index (χ4v) is 7.68. The molecule has 2 heteroatoms. The van der Waals surface area contributed by atoms with Crippen molar-refractivity contribution >= 4 is 44.3 Å². The Hall–Kier alpha value is -6.12. The lowest BCUT2D eigenvalue weighted by Gasteiger charge is -2.24. The Kier molecular flexibility index (Phi) is 6.84. The predicted octanol–water partition coefficient (Wildman–Crippen LogP) is 13.1. The molecule has 8 aromatic rings. The van der Waals surface area contributed by atoms with Gasteiger partial charge in [-0.1, -0.05) is 147 Å². The standard InChI is InChI=1S/C47H36N2/c1-47(2)43-20-12-11-17-37(43)40-29-41-42(30-44(40)47)46(49-36-27-23-34(24-28-36)32-15-7-4-8-16-32)39-19-10-9-18-38(39)45(41)48-35-25-21-33(22-26-35)31-13-5-3-6-14-31/h3-30,48-49H,1-2H3. The van der Waals surface area contributed by atoms with Gasteiger partial charge in [-0.05, 0) is 80.9 Å². The van der Waals surface area contributed by atoms with E-state index in [2.05, 4.69) is 194 Å². The molecule has 49 heavy (non-hydrogen) atoms. The Morgan fingerprint density at radius 1 is 0.347 bits per heavy atom. The molecule has 0 heterocycles. The summed E-state index contributed by atoms with van der Waals surface area (Å²) in [6.45, 7) is 4.71. The second kappa shape index (κ2) is 11.5. The van der Waals surface area contributed by atoms with E-state index in [-0.39, 0.29) is 5.41 Å². The van der Waals surface area contributed by atoms with Crippen molar-refractivity contribution in [2.75, 3.05) is 10.6 Å². The number of hydrogen-bond donors (Lipinski definition) is 2. The van der Waals surface area contributed by atoms with Crippen LogP contribution in [0.3, 0.4) is 0 Å². The molecule has 234 valence electrons. The average Bonchev–Trinajstić information content (AvgIpc) is 3.38. The van der Waals surface area contributed by atoms with Gasteiger partial charge in [-0.3, -0.25) is 0 Å². The Balaban J connectivity index is 1.23. The molecule has 1 aliphatic rings. The van der Waals surface area contributed by atoms with Gasteiger partial charge in [-0.2, -0.15) is 0 Å². The quantitative estimate of drug-likeness (QED) is 0.141. The minimum absolute atomic E-state index is 0.110. The fraction of sp³-hybridized carbons (Fsp3) is 0.0638. The maximum Gasteiger partial charge on any atom is 0.0545 e. The van der Waals surface area contributed by atoms with Crippen LogP contribution >= 0.6 is 0 Å². The highest BCUT2D eigenvalue weighted by Crippen LogP contribution is 2.53. The van der Waals surface area contributed by atoms with Gasteiger partial charge in [0.25, 0.3) is 0 Å². The van der Waals surface area contributed by atoms with Crippen molar-refractivity contribution in [3.8, 4) is 33.4 Å². The largest absolute Gasteiger partial charge is 0.355 e. The molecule has 0 saturated heterocycles. The normalized spacial score (nSPS) is 12.9. The molecule has 0 spiro atoms. The van der Waals surface area contributed by atoms with E-state index in [9.17, 15) is 0 Å². The fourth-order valence-electron chi connectivity index (χ4n) is 7.68. The number of nitrogens with one attached hydrogen (secondary N) is 2. The molecule has 0 atom stereocenters. The summed E-state index contributed by atoms with van der Waals surface area (Å²) in [5.74, 6) is 0. The van der Waals surface area contributed by atoms with Gasteiger partial charge in [-0.25, -0.2) is 0 Å². The summed E-state index contributed by atoms with van der Waals surface area (Å²) in [7, 11) is 0. The van der Waals surface area contributed by atoms with Crippen LogP contribution in [0.15, 0.2) is 170 Å². The number of anilines is 4. The van der Waals surface area contributed by atoms with Crippen LogP contribution in [-0.4, -0.2) is 0 Å². The zero-order valence-electron chi connectivity index (χ0n) is 27.7. The van der Waals surface area contributed by atoms with Crippen molar-refractivity contribution in [1.29, 1.82) is 0 Å². The molecule has 0 unspecified atom stereocenters. The highest BCUT2D eigenvalue weighted by molar-refractivity contribution is 6.22. The molecule has 0 bridgehead atoms. The van der Waals surface area contributed by atoms with Gasteiger partial charge in [0.1, 0.15) is 0 Å². The highest BCUT2D eigenvalue weighted by Gasteiger charge is 2.36. The van der Waals surface area contributed by atoms with E-state index in [0.29, 0.717) is 0 Å². The first-order valence-corrected chi connectivity index (χ1v) is 17.0. The third-order valence-corrected chi connectivity index (χ3v) is 10.2. The summed E-state index contributed by atoms with van der Waals surface area (Å²) in [6.07, 6.45) is 0. The zero-order valence-corrected chi connectivity index (χ0v) is 27.7. The van der Waals surface area contributed by atoms with Crippen LogP contribution in [0.1, 0.15) is 25.0 Å². The minimum Gasteiger partial charge on any atom is -0.355 e. The van der Waals surface area contributed by atoms with Crippen LogP contribution in [0.25, 0.3) is 54.9 Å². The molecular weight excluding hydrogens is 593 g/mol. The highest BCUT2D eigenvalue weighted by atomic mass is 14.9. The summed E-state index contributed by atoms with van der Waals surface area (Å²) in [5, 5.41) is 12.5. The summed E-state index contributed by atoms with van der Waals surface area (Å²) < 4.78 is 0. The van der Waals surface area contributed by atoms with E-state index >= 15 is 0 Å². The van der Waals surface area contributed by atoms with Crippen molar-refractivity contribution in [3.63, 3.8) is 0 Å². The number of benzene rings is 8.